The molecule has 0 aromatic carbocycles. The average molecular weight is 270 g/mol. The number of nitrogens with two attached hydrogens (primary N) is 1. The van der Waals surface area contributed by atoms with E-state index >= 15 is 0 Å². The number of hydrogen-bond acceptors (Lipinski definition) is 3. The van der Waals surface area contributed by atoms with Crippen molar-refractivity contribution in [3.05, 3.63) is 18.7 Å². The lowest BCUT2D eigenvalue weighted by molar-refractivity contribution is -0.0868. The standard InChI is InChI=1S/C16H22N4/c17-9-16(18,10-20-2-1-19-11-20)15-6-12-3-13(7-15)5-14(4-12)8-15/h1-2,11-14H,3-8,10,18H2. The van der Waals surface area contributed by atoms with Crippen molar-refractivity contribution in [2.75, 3.05) is 0 Å². The minimum absolute atomic E-state index is 0.0424. The molecule has 4 aliphatic carbocycles. The highest BCUT2D eigenvalue weighted by atomic mass is 15.1. The zero-order chi connectivity index (χ0) is 13.8. The fraction of sp³-hybridized carbons (Fsp3) is 0.750. The van der Waals surface area contributed by atoms with Gasteiger partial charge in [0.1, 0.15) is 5.54 Å². The summed E-state index contributed by atoms with van der Waals surface area (Å²) in [6, 6.07) is 2.50. The molecule has 4 saturated carbocycles. The summed E-state index contributed by atoms with van der Waals surface area (Å²) < 4.78 is 1.97. The van der Waals surface area contributed by atoms with Crippen molar-refractivity contribution in [1.29, 1.82) is 5.26 Å². The number of imidazole rings is 1. The quantitative estimate of drug-likeness (QED) is 0.916. The fourth-order valence-corrected chi connectivity index (χ4v) is 5.65. The number of hydrogen-bond donors (Lipinski definition) is 1. The number of nitrogens with zero attached hydrogens (tertiary/aromatic N) is 3. The van der Waals surface area contributed by atoms with E-state index in [0.717, 1.165) is 17.8 Å². The van der Waals surface area contributed by atoms with Gasteiger partial charge in [-0.05, 0) is 56.3 Å². The molecule has 0 saturated heterocycles. The second kappa shape index (κ2) is 4.08. The molecule has 5 rings (SSSR count). The molecule has 1 atom stereocenters. The highest BCUT2D eigenvalue weighted by Crippen LogP contribution is 2.63. The van der Waals surface area contributed by atoms with Gasteiger partial charge in [-0.15, -0.1) is 0 Å². The second-order valence-electron chi connectivity index (χ2n) is 7.52. The first-order valence-corrected chi connectivity index (χ1v) is 7.78. The van der Waals surface area contributed by atoms with E-state index in [2.05, 4.69) is 11.1 Å². The lowest BCUT2D eigenvalue weighted by Gasteiger charge is -2.61. The van der Waals surface area contributed by atoms with Gasteiger partial charge < -0.3 is 10.3 Å². The zero-order valence-corrected chi connectivity index (χ0v) is 11.8. The second-order valence-corrected chi connectivity index (χ2v) is 7.52. The van der Waals surface area contributed by atoms with Crippen molar-refractivity contribution in [1.82, 2.24) is 9.55 Å². The Balaban J connectivity index is 1.68. The van der Waals surface area contributed by atoms with Crippen LogP contribution in [0.3, 0.4) is 0 Å². The van der Waals surface area contributed by atoms with E-state index in [9.17, 15) is 5.26 Å². The summed E-state index contributed by atoms with van der Waals surface area (Å²) in [6.45, 7) is 0.579. The van der Waals surface area contributed by atoms with E-state index in [1.807, 2.05) is 10.8 Å². The summed E-state index contributed by atoms with van der Waals surface area (Å²) >= 11 is 0. The van der Waals surface area contributed by atoms with Crippen LogP contribution in [-0.4, -0.2) is 15.1 Å². The molecule has 4 fully saturated rings. The third-order valence-corrected chi connectivity index (χ3v) is 6.18. The van der Waals surface area contributed by atoms with Crippen LogP contribution in [0.5, 0.6) is 0 Å². The first-order valence-electron chi connectivity index (χ1n) is 7.78. The largest absolute Gasteiger partial charge is 0.335 e. The lowest BCUT2D eigenvalue weighted by Crippen LogP contribution is -2.63. The normalized spacial score (nSPS) is 41.3. The molecule has 0 radical (unpaired) electrons. The van der Waals surface area contributed by atoms with Gasteiger partial charge in [0.25, 0.3) is 0 Å². The Morgan fingerprint density at radius 2 is 1.85 bits per heavy atom. The summed E-state index contributed by atoms with van der Waals surface area (Å²) in [6.07, 6.45) is 13.1. The van der Waals surface area contributed by atoms with E-state index in [-0.39, 0.29) is 5.41 Å². The Morgan fingerprint density at radius 3 is 2.30 bits per heavy atom. The van der Waals surface area contributed by atoms with Crippen LogP contribution in [0.1, 0.15) is 38.5 Å². The number of aromatic nitrogens is 2. The monoisotopic (exact) mass is 270 g/mol. The van der Waals surface area contributed by atoms with Crippen LogP contribution in [0.2, 0.25) is 0 Å². The van der Waals surface area contributed by atoms with Crippen LogP contribution in [0.4, 0.5) is 0 Å². The van der Waals surface area contributed by atoms with Crippen LogP contribution in [0.25, 0.3) is 0 Å². The van der Waals surface area contributed by atoms with Crippen molar-refractivity contribution in [3.63, 3.8) is 0 Å². The van der Waals surface area contributed by atoms with Gasteiger partial charge in [0, 0.05) is 17.8 Å². The smallest absolute Gasteiger partial charge is 0.128 e. The molecule has 1 aromatic rings. The van der Waals surface area contributed by atoms with Crippen molar-refractivity contribution in [2.45, 2.75) is 50.6 Å². The Labute approximate surface area is 120 Å². The molecular weight excluding hydrogens is 248 g/mol. The summed E-state index contributed by atoms with van der Waals surface area (Å²) in [4.78, 5) is 4.08. The number of nitriles is 1. The Kier molecular flexibility index (Phi) is 2.53. The lowest BCUT2D eigenvalue weighted by atomic mass is 9.45. The average Bonchev–Trinajstić information content (AvgIpc) is 2.89. The van der Waals surface area contributed by atoms with Crippen molar-refractivity contribution in [3.8, 4) is 6.07 Å². The van der Waals surface area contributed by atoms with E-state index < -0.39 is 5.54 Å². The zero-order valence-electron chi connectivity index (χ0n) is 11.8. The fourth-order valence-electron chi connectivity index (χ4n) is 5.65. The molecule has 0 aliphatic heterocycles. The summed E-state index contributed by atoms with van der Waals surface area (Å²) in [7, 11) is 0. The van der Waals surface area contributed by atoms with Crippen LogP contribution < -0.4 is 5.73 Å². The predicted molar refractivity (Wildman–Crippen MR) is 75.4 cm³/mol. The SMILES string of the molecule is N#CC(N)(Cn1ccnc1)C12CC3CC(CC(C3)C1)C2. The maximum atomic E-state index is 9.84. The molecule has 20 heavy (non-hydrogen) atoms. The van der Waals surface area contributed by atoms with Crippen LogP contribution in [0, 0.1) is 34.5 Å². The minimum Gasteiger partial charge on any atom is -0.335 e. The highest BCUT2D eigenvalue weighted by Gasteiger charge is 2.59. The molecule has 1 unspecified atom stereocenters. The Hall–Kier alpha value is -1.34. The maximum absolute atomic E-state index is 9.84. The molecule has 1 heterocycles. The molecular formula is C16H22N4. The van der Waals surface area contributed by atoms with Crippen LogP contribution in [-0.2, 0) is 6.54 Å². The highest BCUT2D eigenvalue weighted by molar-refractivity contribution is 5.20. The van der Waals surface area contributed by atoms with Gasteiger partial charge in [-0.1, -0.05) is 0 Å². The molecule has 4 bridgehead atoms. The van der Waals surface area contributed by atoms with E-state index in [1.54, 1.807) is 12.5 Å². The first-order chi connectivity index (χ1) is 9.62. The molecule has 4 aliphatic rings. The summed E-state index contributed by atoms with van der Waals surface area (Å²) in [5, 5.41) is 9.84. The minimum atomic E-state index is -0.746. The van der Waals surface area contributed by atoms with Gasteiger partial charge >= 0.3 is 0 Å². The molecule has 106 valence electrons. The molecule has 0 amide bonds. The number of rotatable bonds is 3. The van der Waals surface area contributed by atoms with Crippen LogP contribution in [0.15, 0.2) is 18.7 Å². The topological polar surface area (TPSA) is 67.6 Å². The van der Waals surface area contributed by atoms with Gasteiger partial charge in [0.2, 0.25) is 0 Å². The summed E-state index contributed by atoms with van der Waals surface area (Å²) in [5.74, 6) is 2.46. The maximum Gasteiger partial charge on any atom is 0.128 e. The van der Waals surface area contributed by atoms with E-state index in [1.165, 1.54) is 38.5 Å². The summed E-state index contributed by atoms with van der Waals surface area (Å²) in [5.41, 5.74) is 5.97. The third-order valence-electron chi connectivity index (χ3n) is 6.18. The molecule has 0 spiro atoms. The molecule has 2 N–H and O–H groups in total. The van der Waals surface area contributed by atoms with Crippen molar-refractivity contribution in [2.24, 2.45) is 28.9 Å². The van der Waals surface area contributed by atoms with Gasteiger partial charge in [0.15, 0.2) is 0 Å². The molecule has 1 aromatic heterocycles. The molecule has 4 nitrogen and oxygen atoms in total. The van der Waals surface area contributed by atoms with Crippen molar-refractivity contribution >= 4 is 0 Å². The first kappa shape index (κ1) is 12.4. The van der Waals surface area contributed by atoms with E-state index in [0.29, 0.717) is 6.54 Å². The predicted octanol–water partition coefficient (Wildman–Crippen LogP) is 2.32. The van der Waals surface area contributed by atoms with Gasteiger partial charge in [-0.3, -0.25) is 0 Å². The van der Waals surface area contributed by atoms with Gasteiger partial charge in [-0.25, -0.2) is 4.98 Å². The van der Waals surface area contributed by atoms with Crippen molar-refractivity contribution < 1.29 is 0 Å². The Bertz CT molecular complexity index is 506. The third kappa shape index (κ3) is 1.66. The van der Waals surface area contributed by atoms with E-state index in [4.69, 9.17) is 5.73 Å². The Morgan fingerprint density at radius 1 is 1.25 bits per heavy atom. The van der Waals surface area contributed by atoms with Gasteiger partial charge in [0.05, 0.1) is 18.9 Å². The van der Waals surface area contributed by atoms with Crippen LogP contribution >= 0.6 is 0 Å². The van der Waals surface area contributed by atoms with Gasteiger partial charge in [-0.2, -0.15) is 5.26 Å². The molecule has 4 heteroatoms.